The van der Waals surface area contributed by atoms with Gasteiger partial charge in [0.15, 0.2) is 5.78 Å². The maximum Gasteiger partial charge on any atom is 0.353 e. The zero-order valence-electron chi connectivity index (χ0n) is 11.1. The highest BCUT2D eigenvalue weighted by Gasteiger charge is 2.31. The van der Waals surface area contributed by atoms with Gasteiger partial charge in [0.05, 0.1) is 5.69 Å². The van der Waals surface area contributed by atoms with E-state index in [9.17, 15) is 14.4 Å². The zero-order valence-corrected chi connectivity index (χ0v) is 12.0. The summed E-state index contributed by atoms with van der Waals surface area (Å²) in [5.41, 5.74) is 1.79. The lowest BCUT2D eigenvalue weighted by Gasteiger charge is -2.21. The summed E-state index contributed by atoms with van der Waals surface area (Å²) < 4.78 is 11.7. The number of nitrogens with one attached hydrogen (secondary N) is 1. The first-order chi connectivity index (χ1) is 9.50. The van der Waals surface area contributed by atoms with Crippen LogP contribution in [0.3, 0.4) is 0 Å². The molecule has 0 bridgehead atoms. The van der Waals surface area contributed by atoms with Crippen LogP contribution in [0, 0.1) is 0 Å². The van der Waals surface area contributed by atoms with Crippen LogP contribution in [0.5, 0.6) is 0 Å². The third kappa shape index (κ3) is 3.67. The molecular formula is C14H17N2O3P. The number of hydrogen-bond acceptors (Lipinski definition) is 3. The fourth-order valence-electron chi connectivity index (χ4n) is 1.87. The second kappa shape index (κ2) is 6.18. The van der Waals surface area contributed by atoms with Crippen molar-refractivity contribution >= 4 is 13.3 Å². The molecule has 106 valence electrons. The van der Waals surface area contributed by atoms with Crippen LogP contribution in [0.2, 0.25) is 0 Å². The van der Waals surface area contributed by atoms with Crippen LogP contribution in [-0.4, -0.2) is 14.8 Å². The highest BCUT2D eigenvalue weighted by molar-refractivity contribution is 7.52. The Morgan fingerprint density at radius 3 is 2.45 bits per heavy atom. The number of anilines is 1. The molecule has 1 atom stereocenters. The van der Waals surface area contributed by atoms with Gasteiger partial charge in [0.2, 0.25) is 0 Å². The molecule has 0 saturated heterocycles. The molecule has 20 heavy (non-hydrogen) atoms. The van der Waals surface area contributed by atoms with Gasteiger partial charge in [-0.1, -0.05) is 31.2 Å². The van der Waals surface area contributed by atoms with Crippen LogP contribution in [-0.2, 0) is 11.0 Å². The van der Waals surface area contributed by atoms with Gasteiger partial charge in [-0.25, -0.2) is 0 Å². The molecule has 1 aromatic heterocycles. The Morgan fingerprint density at radius 2 is 1.85 bits per heavy atom. The van der Waals surface area contributed by atoms with Gasteiger partial charge in [0.1, 0.15) is 0 Å². The van der Waals surface area contributed by atoms with Crippen molar-refractivity contribution in [3.05, 3.63) is 59.9 Å². The van der Waals surface area contributed by atoms with Crippen molar-refractivity contribution in [2.75, 3.05) is 5.32 Å². The molecule has 0 spiro atoms. The summed E-state index contributed by atoms with van der Waals surface area (Å²) in [6, 6.07) is 14.2. The number of pyridine rings is 1. The minimum absolute atomic E-state index is 0.349. The van der Waals surface area contributed by atoms with Gasteiger partial charge in [0.25, 0.3) is 0 Å². The summed E-state index contributed by atoms with van der Waals surface area (Å²) >= 11 is 0. The average molecular weight is 292 g/mol. The summed E-state index contributed by atoms with van der Waals surface area (Å²) in [5.74, 6) is -1.14. The number of hydrogen-bond donors (Lipinski definition) is 3. The standard InChI is InChI=1S/C14H17N2O3P/c1-2-11-9-6-10-13(15-11)14(20(17,18)19)16-12-7-4-3-5-8-12/h3-10,14,16H,2H2,1H3,(H2,17,18,19). The Morgan fingerprint density at radius 1 is 1.15 bits per heavy atom. The van der Waals surface area contributed by atoms with Crippen LogP contribution < -0.4 is 5.32 Å². The Hall–Kier alpha value is -1.68. The summed E-state index contributed by atoms with van der Waals surface area (Å²) in [5, 5.41) is 2.86. The van der Waals surface area contributed by atoms with Crippen molar-refractivity contribution < 1.29 is 14.4 Å². The second-order valence-corrected chi connectivity index (χ2v) is 6.10. The van der Waals surface area contributed by atoms with E-state index in [1.54, 1.807) is 36.4 Å². The van der Waals surface area contributed by atoms with E-state index < -0.39 is 13.4 Å². The molecule has 1 heterocycles. The first-order valence-electron chi connectivity index (χ1n) is 6.33. The quantitative estimate of drug-likeness (QED) is 0.738. The minimum atomic E-state index is -4.37. The van der Waals surface area contributed by atoms with E-state index in [0.717, 1.165) is 5.69 Å². The molecule has 5 nitrogen and oxygen atoms in total. The largest absolute Gasteiger partial charge is 0.367 e. The molecule has 2 rings (SSSR count). The van der Waals surface area contributed by atoms with Crippen molar-refractivity contribution in [1.29, 1.82) is 0 Å². The highest BCUT2D eigenvalue weighted by Crippen LogP contribution is 2.51. The summed E-state index contributed by atoms with van der Waals surface area (Å²) in [7, 11) is -4.37. The molecule has 2 aromatic rings. The number of rotatable bonds is 5. The van der Waals surface area contributed by atoms with Gasteiger partial charge in [-0.15, -0.1) is 0 Å². The van der Waals surface area contributed by atoms with Gasteiger partial charge in [-0.3, -0.25) is 9.55 Å². The topological polar surface area (TPSA) is 82.5 Å². The molecule has 0 aliphatic rings. The predicted octanol–water partition coefficient (Wildman–Crippen LogP) is 2.93. The molecule has 0 radical (unpaired) electrons. The Balaban J connectivity index is 2.35. The number of benzene rings is 1. The van der Waals surface area contributed by atoms with Crippen molar-refractivity contribution in [2.24, 2.45) is 0 Å². The van der Waals surface area contributed by atoms with E-state index in [2.05, 4.69) is 10.3 Å². The molecule has 0 fully saturated rings. The lowest BCUT2D eigenvalue weighted by Crippen LogP contribution is -2.13. The fourth-order valence-corrected chi connectivity index (χ4v) is 2.68. The van der Waals surface area contributed by atoms with Crippen LogP contribution in [0.1, 0.15) is 24.1 Å². The monoisotopic (exact) mass is 292 g/mol. The Kier molecular flexibility index (Phi) is 4.55. The smallest absolute Gasteiger partial charge is 0.353 e. The maximum absolute atomic E-state index is 11.7. The van der Waals surface area contributed by atoms with E-state index in [-0.39, 0.29) is 0 Å². The Bertz CT molecular complexity index is 613. The van der Waals surface area contributed by atoms with Crippen LogP contribution in [0.15, 0.2) is 48.5 Å². The third-order valence-corrected chi connectivity index (χ3v) is 3.95. The molecule has 0 aliphatic heterocycles. The predicted molar refractivity (Wildman–Crippen MR) is 78.5 cm³/mol. The number of aryl methyl sites for hydroxylation is 1. The van der Waals surface area contributed by atoms with Crippen LogP contribution >= 0.6 is 7.60 Å². The van der Waals surface area contributed by atoms with E-state index in [1.165, 1.54) is 0 Å². The van der Waals surface area contributed by atoms with Gasteiger partial charge in [-0.2, -0.15) is 0 Å². The molecule has 6 heteroatoms. The molecule has 1 aromatic carbocycles. The minimum Gasteiger partial charge on any atom is -0.367 e. The van der Waals surface area contributed by atoms with Gasteiger partial charge >= 0.3 is 7.60 Å². The van der Waals surface area contributed by atoms with E-state index in [1.807, 2.05) is 19.1 Å². The first kappa shape index (κ1) is 14.7. The lowest BCUT2D eigenvalue weighted by atomic mass is 10.2. The molecule has 3 N–H and O–H groups in total. The van der Waals surface area contributed by atoms with Gasteiger partial charge in [-0.05, 0) is 30.7 Å². The molecule has 0 aliphatic carbocycles. The van der Waals surface area contributed by atoms with Crippen molar-refractivity contribution in [3.63, 3.8) is 0 Å². The van der Waals surface area contributed by atoms with E-state index in [0.29, 0.717) is 17.8 Å². The number of para-hydroxylation sites is 1. The molecule has 1 unspecified atom stereocenters. The molecule has 0 saturated carbocycles. The Labute approximate surface area is 117 Å². The summed E-state index contributed by atoms with van der Waals surface area (Å²) in [6.07, 6.45) is 0.715. The second-order valence-electron chi connectivity index (χ2n) is 4.41. The number of aromatic nitrogens is 1. The van der Waals surface area contributed by atoms with Crippen molar-refractivity contribution in [2.45, 2.75) is 19.1 Å². The third-order valence-electron chi connectivity index (χ3n) is 2.88. The van der Waals surface area contributed by atoms with Crippen molar-refractivity contribution in [3.8, 4) is 0 Å². The van der Waals surface area contributed by atoms with E-state index in [4.69, 9.17) is 0 Å². The summed E-state index contributed by atoms with van der Waals surface area (Å²) in [6.45, 7) is 1.95. The fraction of sp³-hybridized carbons (Fsp3) is 0.214. The highest BCUT2D eigenvalue weighted by atomic mass is 31.2. The maximum atomic E-state index is 11.7. The average Bonchev–Trinajstić information content (AvgIpc) is 2.45. The van der Waals surface area contributed by atoms with Crippen molar-refractivity contribution in [1.82, 2.24) is 4.98 Å². The van der Waals surface area contributed by atoms with Gasteiger partial charge < -0.3 is 15.1 Å². The van der Waals surface area contributed by atoms with E-state index >= 15 is 0 Å². The van der Waals surface area contributed by atoms with Crippen LogP contribution in [0.25, 0.3) is 0 Å². The van der Waals surface area contributed by atoms with Crippen LogP contribution in [0.4, 0.5) is 5.69 Å². The summed E-state index contributed by atoms with van der Waals surface area (Å²) in [4.78, 5) is 23.4. The van der Waals surface area contributed by atoms with Gasteiger partial charge in [0, 0.05) is 11.4 Å². The zero-order chi connectivity index (χ0) is 14.6. The lowest BCUT2D eigenvalue weighted by molar-refractivity contribution is 0.362. The molecular weight excluding hydrogens is 275 g/mol. The normalized spacial score (nSPS) is 12.9. The molecule has 0 amide bonds. The number of nitrogens with zero attached hydrogens (tertiary/aromatic N) is 1. The first-order valence-corrected chi connectivity index (χ1v) is 8.01. The SMILES string of the molecule is CCc1cccc(C(Nc2ccccc2)P(=O)(O)O)n1.